The van der Waals surface area contributed by atoms with E-state index in [-0.39, 0.29) is 5.82 Å². The average Bonchev–Trinajstić information content (AvgIpc) is 2.45. The molecule has 0 saturated carbocycles. The van der Waals surface area contributed by atoms with Crippen molar-refractivity contribution in [3.05, 3.63) is 59.4 Å². The highest BCUT2D eigenvalue weighted by Gasteiger charge is 2.13. The SMILES string of the molecule is COc1cccc(COc2cccc(F)c2[C@H](C)N)c1. The Labute approximate surface area is 118 Å². The molecule has 106 valence electrons. The summed E-state index contributed by atoms with van der Waals surface area (Å²) in [7, 11) is 1.61. The van der Waals surface area contributed by atoms with E-state index >= 15 is 0 Å². The molecule has 2 aromatic rings. The second-order valence-electron chi connectivity index (χ2n) is 4.58. The molecule has 0 aliphatic rings. The van der Waals surface area contributed by atoms with Crippen LogP contribution in [0.25, 0.3) is 0 Å². The second kappa shape index (κ2) is 6.39. The van der Waals surface area contributed by atoms with Crippen LogP contribution in [0.4, 0.5) is 4.39 Å². The summed E-state index contributed by atoms with van der Waals surface area (Å²) >= 11 is 0. The summed E-state index contributed by atoms with van der Waals surface area (Å²) in [4.78, 5) is 0. The number of hydrogen-bond donors (Lipinski definition) is 1. The van der Waals surface area contributed by atoms with Crippen LogP contribution < -0.4 is 15.2 Å². The van der Waals surface area contributed by atoms with Crippen molar-refractivity contribution < 1.29 is 13.9 Å². The number of hydrogen-bond acceptors (Lipinski definition) is 3. The zero-order valence-electron chi connectivity index (χ0n) is 11.6. The molecular weight excluding hydrogens is 257 g/mol. The number of nitrogens with two attached hydrogens (primary N) is 1. The van der Waals surface area contributed by atoms with E-state index in [9.17, 15) is 4.39 Å². The Hall–Kier alpha value is -2.07. The first kappa shape index (κ1) is 14.3. The highest BCUT2D eigenvalue weighted by molar-refractivity contribution is 5.37. The zero-order chi connectivity index (χ0) is 14.5. The minimum absolute atomic E-state index is 0.334. The van der Waals surface area contributed by atoms with Crippen LogP contribution in [0.3, 0.4) is 0 Å². The third kappa shape index (κ3) is 3.27. The summed E-state index contributed by atoms with van der Waals surface area (Å²) in [5.41, 5.74) is 7.14. The molecule has 0 radical (unpaired) electrons. The number of rotatable bonds is 5. The van der Waals surface area contributed by atoms with Crippen molar-refractivity contribution in [1.82, 2.24) is 0 Å². The smallest absolute Gasteiger partial charge is 0.131 e. The van der Waals surface area contributed by atoms with Crippen molar-refractivity contribution in [2.24, 2.45) is 5.73 Å². The fraction of sp³-hybridized carbons (Fsp3) is 0.250. The molecule has 0 fully saturated rings. The van der Waals surface area contributed by atoms with Gasteiger partial charge in [0.25, 0.3) is 0 Å². The van der Waals surface area contributed by atoms with Gasteiger partial charge in [0, 0.05) is 11.6 Å². The Morgan fingerprint density at radius 2 is 1.95 bits per heavy atom. The summed E-state index contributed by atoms with van der Waals surface area (Å²) in [6.45, 7) is 2.07. The molecule has 1 atom stereocenters. The average molecular weight is 275 g/mol. The molecule has 0 amide bonds. The minimum atomic E-state index is -0.420. The Balaban J connectivity index is 2.16. The molecule has 0 aromatic heterocycles. The summed E-state index contributed by atoms with van der Waals surface area (Å²) in [6.07, 6.45) is 0. The van der Waals surface area contributed by atoms with E-state index in [4.69, 9.17) is 15.2 Å². The van der Waals surface area contributed by atoms with Crippen LogP contribution in [-0.2, 0) is 6.61 Å². The lowest BCUT2D eigenvalue weighted by Crippen LogP contribution is -2.10. The van der Waals surface area contributed by atoms with Crippen molar-refractivity contribution in [3.63, 3.8) is 0 Å². The summed E-state index contributed by atoms with van der Waals surface area (Å²) in [6, 6.07) is 11.9. The number of halogens is 1. The van der Waals surface area contributed by atoms with Crippen LogP contribution in [0, 0.1) is 5.82 Å². The van der Waals surface area contributed by atoms with Gasteiger partial charge in [0.15, 0.2) is 0 Å². The normalized spacial score (nSPS) is 12.0. The molecule has 0 aliphatic heterocycles. The van der Waals surface area contributed by atoms with Gasteiger partial charge in [-0.3, -0.25) is 0 Å². The summed E-state index contributed by atoms with van der Waals surface area (Å²) in [5.74, 6) is 0.892. The molecule has 0 bridgehead atoms. The van der Waals surface area contributed by atoms with Gasteiger partial charge in [0.1, 0.15) is 23.9 Å². The number of benzene rings is 2. The maximum atomic E-state index is 13.8. The Morgan fingerprint density at radius 1 is 1.20 bits per heavy atom. The summed E-state index contributed by atoms with van der Waals surface area (Å²) < 4.78 is 24.6. The molecule has 20 heavy (non-hydrogen) atoms. The van der Waals surface area contributed by atoms with Gasteiger partial charge in [-0.25, -0.2) is 4.39 Å². The van der Waals surface area contributed by atoms with E-state index in [0.717, 1.165) is 11.3 Å². The predicted octanol–water partition coefficient (Wildman–Crippen LogP) is 3.43. The van der Waals surface area contributed by atoms with E-state index in [2.05, 4.69) is 0 Å². The van der Waals surface area contributed by atoms with Crippen molar-refractivity contribution in [2.75, 3.05) is 7.11 Å². The first-order valence-corrected chi connectivity index (χ1v) is 6.41. The highest BCUT2D eigenvalue weighted by Crippen LogP contribution is 2.27. The molecule has 2 N–H and O–H groups in total. The van der Waals surface area contributed by atoms with E-state index in [1.54, 1.807) is 26.2 Å². The molecule has 0 spiro atoms. The van der Waals surface area contributed by atoms with Crippen LogP contribution in [-0.4, -0.2) is 7.11 Å². The fourth-order valence-electron chi connectivity index (χ4n) is 2.01. The molecule has 2 rings (SSSR count). The van der Waals surface area contributed by atoms with Gasteiger partial charge >= 0.3 is 0 Å². The maximum Gasteiger partial charge on any atom is 0.131 e. The van der Waals surface area contributed by atoms with Gasteiger partial charge in [0.05, 0.1) is 7.11 Å². The Morgan fingerprint density at radius 3 is 2.65 bits per heavy atom. The van der Waals surface area contributed by atoms with E-state index in [1.165, 1.54) is 6.07 Å². The zero-order valence-corrected chi connectivity index (χ0v) is 11.6. The molecule has 0 saturated heterocycles. The second-order valence-corrected chi connectivity index (χ2v) is 4.58. The largest absolute Gasteiger partial charge is 0.497 e. The van der Waals surface area contributed by atoms with Crippen molar-refractivity contribution in [1.29, 1.82) is 0 Å². The van der Waals surface area contributed by atoms with Gasteiger partial charge in [-0.05, 0) is 36.8 Å². The van der Waals surface area contributed by atoms with Gasteiger partial charge in [-0.15, -0.1) is 0 Å². The van der Waals surface area contributed by atoms with Crippen LogP contribution in [0.15, 0.2) is 42.5 Å². The third-order valence-corrected chi connectivity index (χ3v) is 3.00. The molecule has 0 aliphatic carbocycles. The molecule has 2 aromatic carbocycles. The van der Waals surface area contributed by atoms with Crippen LogP contribution in [0.2, 0.25) is 0 Å². The Bertz CT molecular complexity index is 584. The standard InChI is InChI=1S/C16H18FNO2/c1-11(18)16-14(17)7-4-8-15(16)20-10-12-5-3-6-13(9-12)19-2/h3-9,11H,10,18H2,1-2H3/t11-/m0/s1. The van der Waals surface area contributed by atoms with Crippen molar-refractivity contribution >= 4 is 0 Å². The first-order valence-electron chi connectivity index (χ1n) is 6.41. The van der Waals surface area contributed by atoms with Crippen molar-refractivity contribution in [3.8, 4) is 11.5 Å². The van der Waals surface area contributed by atoms with Gasteiger partial charge < -0.3 is 15.2 Å². The quantitative estimate of drug-likeness (QED) is 0.909. The van der Waals surface area contributed by atoms with E-state index < -0.39 is 6.04 Å². The first-order chi connectivity index (χ1) is 9.61. The lowest BCUT2D eigenvalue weighted by molar-refractivity contribution is 0.298. The fourth-order valence-corrected chi connectivity index (χ4v) is 2.01. The predicted molar refractivity (Wildman–Crippen MR) is 76.3 cm³/mol. The topological polar surface area (TPSA) is 44.5 Å². The number of methoxy groups -OCH3 is 1. The molecule has 3 nitrogen and oxygen atoms in total. The minimum Gasteiger partial charge on any atom is -0.497 e. The lowest BCUT2D eigenvalue weighted by Gasteiger charge is -2.15. The van der Waals surface area contributed by atoms with Gasteiger partial charge in [-0.2, -0.15) is 0 Å². The van der Waals surface area contributed by atoms with Crippen LogP contribution >= 0.6 is 0 Å². The van der Waals surface area contributed by atoms with Crippen LogP contribution in [0.5, 0.6) is 11.5 Å². The molecule has 4 heteroatoms. The molecule has 0 heterocycles. The Kier molecular flexibility index (Phi) is 4.58. The summed E-state index contributed by atoms with van der Waals surface area (Å²) in [5, 5.41) is 0. The molecular formula is C16H18FNO2. The van der Waals surface area contributed by atoms with E-state index in [1.807, 2.05) is 24.3 Å². The maximum absolute atomic E-state index is 13.8. The monoisotopic (exact) mass is 275 g/mol. The lowest BCUT2D eigenvalue weighted by atomic mass is 10.1. The van der Waals surface area contributed by atoms with Gasteiger partial charge in [0.2, 0.25) is 0 Å². The van der Waals surface area contributed by atoms with Crippen molar-refractivity contribution in [2.45, 2.75) is 19.6 Å². The van der Waals surface area contributed by atoms with Crippen LogP contribution in [0.1, 0.15) is 24.1 Å². The molecule has 0 unspecified atom stereocenters. The van der Waals surface area contributed by atoms with E-state index in [0.29, 0.717) is 17.9 Å². The highest BCUT2D eigenvalue weighted by atomic mass is 19.1. The van der Waals surface area contributed by atoms with Gasteiger partial charge in [-0.1, -0.05) is 18.2 Å². The number of ether oxygens (including phenoxy) is 2. The third-order valence-electron chi connectivity index (χ3n) is 3.00.